The minimum Gasteiger partial charge on any atom is -0.343 e. The van der Waals surface area contributed by atoms with Gasteiger partial charge in [-0.2, -0.15) is 10.1 Å². The first-order chi connectivity index (χ1) is 11.1. The number of nitrogens with one attached hydrogen (secondary N) is 1. The average Bonchev–Trinajstić information content (AvgIpc) is 3.23. The summed E-state index contributed by atoms with van der Waals surface area (Å²) in [5.41, 5.74) is 1.08. The van der Waals surface area contributed by atoms with Gasteiger partial charge in [0, 0.05) is 12.7 Å². The lowest BCUT2D eigenvalue weighted by molar-refractivity contribution is 0.0947. The van der Waals surface area contributed by atoms with Crippen molar-refractivity contribution in [2.24, 2.45) is 0 Å². The van der Waals surface area contributed by atoms with E-state index in [1.807, 2.05) is 13.1 Å². The molecule has 0 fully saturated rings. The highest BCUT2D eigenvalue weighted by atomic mass is 35.5. The molecule has 0 saturated heterocycles. The molecule has 0 atom stereocenters. The summed E-state index contributed by atoms with van der Waals surface area (Å²) in [4.78, 5) is 16.2. The average molecular weight is 372 g/mol. The molecule has 3 rings (SSSR count). The predicted octanol–water partition coefficient (Wildman–Crippen LogP) is 3.25. The third-order valence-electron chi connectivity index (χ3n) is 2.99. The van der Waals surface area contributed by atoms with Crippen LogP contribution in [0.2, 0.25) is 8.67 Å². The number of aryl methyl sites for hydroxylation is 1. The Bertz CT molecular complexity index is 841. The van der Waals surface area contributed by atoms with Gasteiger partial charge in [-0.3, -0.25) is 9.48 Å². The number of nitrogens with zero attached hydrogens (tertiary/aromatic N) is 4. The van der Waals surface area contributed by atoms with Gasteiger partial charge in [0.1, 0.15) is 4.34 Å². The van der Waals surface area contributed by atoms with Gasteiger partial charge >= 0.3 is 0 Å². The second kappa shape index (κ2) is 6.69. The maximum Gasteiger partial charge on any atom is 0.254 e. The Morgan fingerprint density at radius 2 is 2.30 bits per heavy atom. The van der Waals surface area contributed by atoms with E-state index in [0.29, 0.717) is 20.1 Å². The summed E-state index contributed by atoms with van der Waals surface area (Å²) in [6, 6.07) is 1.52. The normalized spacial score (nSPS) is 10.9. The molecule has 23 heavy (non-hydrogen) atoms. The molecule has 3 heterocycles. The molecule has 1 amide bonds. The minimum atomic E-state index is -0.350. The molecule has 0 aromatic carbocycles. The molecule has 3 aromatic rings. The van der Waals surface area contributed by atoms with Gasteiger partial charge in [-0.05, 0) is 13.0 Å². The van der Waals surface area contributed by atoms with E-state index in [4.69, 9.17) is 27.7 Å². The lowest BCUT2D eigenvalue weighted by atomic mass is 10.3. The van der Waals surface area contributed by atoms with Crippen molar-refractivity contribution in [3.63, 3.8) is 0 Å². The molecule has 0 bridgehead atoms. The van der Waals surface area contributed by atoms with E-state index in [0.717, 1.165) is 23.4 Å². The first-order valence-corrected chi connectivity index (χ1v) is 8.22. The van der Waals surface area contributed by atoms with Gasteiger partial charge < -0.3 is 9.84 Å². The minimum absolute atomic E-state index is 0.0948. The number of hydrogen-bond acceptors (Lipinski definition) is 6. The van der Waals surface area contributed by atoms with E-state index in [1.54, 1.807) is 10.9 Å². The molecule has 0 radical (unpaired) electrons. The van der Waals surface area contributed by atoms with Gasteiger partial charge in [0.25, 0.3) is 5.91 Å². The second-order valence-corrected chi connectivity index (χ2v) is 6.80. The fourth-order valence-corrected chi connectivity index (χ4v) is 3.30. The highest BCUT2D eigenvalue weighted by Gasteiger charge is 2.16. The molecular weight excluding hydrogens is 361 g/mol. The molecular formula is C13H11Cl2N5O2S. The topological polar surface area (TPSA) is 85.8 Å². The summed E-state index contributed by atoms with van der Waals surface area (Å²) in [6.07, 6.45) is 3.48. The number of hydrogen-bond donors (Lipinski definition) is 1. The third kappa shape index (κ3) is 3.54. The van der Waals surface area contributed by atoms with Crippen molar-refractivity contribution >= 4 is 40.4 Å². The number of halogens is 2. The van der Waals surface area contributed by atoms with Gasteiger partial charge in [0.05, 0.1) is 28.2 Å². The van der Waals surface area contributed by atoms with Crippen LogP contribution in [0.4, 0.5) is 0 Å². The fourth-order valence-electron chi connectivity index (χ4n) is 1.84. The smallest absolute Gasteiger partial charge is 0.254 e. The Morgan fingerprint density at radius 1 is 1.48 bits per heavy atom. The Kier molecular flexibility index (Phi) is 4.65. The molecule has 120 valence electrons. The van der Waals surface area contributed by atoms with Gasteiger partial charge in [0.15, 0.2) is 0 Å². The van der Waals surface area contributed by atoms with E-state index < -0.39 is 0 Å². The molecule has 1 N–H and O–H groups in total. The zero-order valence-electron chi connectivity index (χ0n) is 11.9. The SMILES string of the molecule is CCn1cc(-c2noc(CNC(=O)c3cc(Cl)sc3Cl)n2)cn1. The Hall–Kier alpha value is -1.90. The lowest BCUT2D eigenvalue weighted by Crippen LogP contribution is -2.22. The Labute approximate surface area is 145 Å². The van der Waals surface area contributed by atoms with Crippen LogP contribution in [0.15, 0.2) is 23.0 Å². The van der Waals surface area contributed by atoms with E-state index in [1.165, 1.54) is 6.07 Å². The van der Waals surface area contributed by atoms with Crippen LogP contribution in [0.3, 0.4) is 0 Å². The predicted molar refractivity (Wildman–Crippen MR) is 86.7 cm³/mol. The number of aromatic nitrogens is 4. The standard InChI is InChI=1S/C13H11Cl2N5O2S/c1-2-20-6-7(4-17-20)12-18-10(22-19-12)5-16-13(21)8-3-9(14)23-11(8)15/h3-4,6H,2,5H2,1H3,(H,16,21). The van der Waals surface area contributed by atoms with Gasteiger partial charge in [-0.25, -0.2) is 0 Å². The molecule has 0 unspecified atom stereocenters. The van der Waals surface area contributed by atoms with E-state index in [9.17, 15) is 4.79 Å². The van der Waals surface area contributed by atoms with Gasteiger partial charge in [-0.1, -0.05) is 28.4 Å². The van der Waals surface area contributed by atoms with Crippen molar-refractivity contribution in [2.45, 2.75) is 20.0 Å². The summed E-state index contributed by atoms with van der Waals surface area (Å²) >= 11 is 12.9. The molecule has 0 saturated carbocycles. The Morgan fingerprint density at radius 3 is 2.96 bits per heavy atom. The van der Waals surface area contributed by atoms with Crippen molar-refractivity contribution in [2.75, 3.05) is 0 Å². The molecule has 3 aromatic heterocycles. The zero-order valence-corrected chi connectivity index (χ0v) is 14.2. The van der Waals surface area contributed by atoms with E-state index in [-0.39, 0.29) is 18.3 Å². The van der Waals surface area contributed by atoms with Crippen LogP contribution in [0.5, 0.6) is 0 Å². The fraction of sp³-hybridized carbons (Fsp3) is 0.231. The molecule has 0 aliphatic rings. The zero-order chi connectivity index (χ0) is 16.4. The van der Waals surface area contributed by atoms with Crippen LogP contribution in [-0.2, 0) is 13.1 Å². The molecule has 7 nitrogen and oxygen atoms in total. The van der Waals surface area contributed by atoms with Crippen molar-refractivity contribution < 1.29 is 9.32 Å². The van der Waals surface area contributed by atoms with Gasteiger partial charge in [0.2, 0.25) is 11.7 Å². The highest BCUT2D eigenvalue weighted by molar-refractivity contribution is 7.20. The quantitative estimate of drug-likeness (QED) is 0.743. The van der Waals surface area contributed by atoms with Crippen LogP contribution in [-0.4, -0.2) is 25.8 Å². The number of thiophene rings is 1. The summed E-state index contributed by atoms with van der Waals surface area (Å²) in [6.45, 7) is 2.83. The first-order valence-electron chi connectivity index (χ1n) is 6.65. The lowest BCUT2D eigenvalue weighted by Gasteiger charge is -1.99. The maximum absolute atomic E-state index is 12.0. The molecule has 0 spiro atoms. The van der Waals surface area contributed by atoms with E-state index in [2.05, 4.69) is 20.6 Å². The van der Waals surface area contributed by atoms with Crippen molar-refractivity contribution in [3.05, 3.63) is 38.6 Å². The summed E-state index contributed by atoms with van der Waals surface area (Å²) < 4.78 is 7.66. The van der Waals surface area contributed by atoms with Gasteiger partial charge in [-0.15, -0.1) is 11.3 Å². The number of rotatable bonds is 5. The van der Waals surface area contributed by atoms with Crippen molar-refractivity contribution in [1.29, 1.82) is 0 Å². The number of carbonyl (C=O) groups is 1. The van der Waals surface area contributed by atoms with E-state index >= 15 is 0 Å². The van der Waals surface area contributed by atoms with Crippen LogP contribution >= 0.6 is 34.5 Å². The van der Waals surface area contributed by atoms with Crippen LogP contribution in [0.1, 0.15) is 23.2 Å². The monoisotopic (exact) mass is 371 g/mol. The second-order valence-electron chi connectivity index (χ2n) is 4.52. The van der Waals surface area contributed by atoms with Crippen LogP contribution in [0.25, 0.3) is 11.4 Å². The van der Waals surface area contributed by atoms with Crippen LogP contribution in [0, 0.1) is 0 Å². The summed E-state index contributed by atoms with van der Waals surface area (Å²) in [5, 5.41) is 10.7. The largest absolute Gasteiger partial charge is 0.343 e. The highest BCUT2D eigenvalue weighted by Crippen LogP contribution is 2.31. The summed E-state index contributed by atoms with van der Waals surface area (Å²) in [7, 11) is 0. The van der Waals surface area contributed by atoms with Crippen molar-refractivity contribution in [3.8, 4) is 11.4 Å². The maximum atomic E-state index is 12.0. The molecule has 0 aliphatic carbocycles. The summed E-state index contributed by atoms with van der Waals surface area (Å²) in [5.74, 6) is 0.359. The molecule has 10 heteroatoms. The third-order valence-corrected chi connectivity index (χ3v) is 4.47. The van der Waals surface area contributed by atoms with Crippen molar-refractivity contribution in [1.82, 2.24) is 25.2 Å². The number of carbonyl (C=O) groups excluding carboxylic acids is 1. The van der Waals surface area contributed by atoms with Crippen LogP contribution < -0.4 is 5.32 Å². The molecule has 0 aliphatic heterocycles. The first kappa shape index (κ1) is 16.0. The Balaban J connectivity index is 1.65. The number of amides is 1.